The van der Waals surface area contributed by atoms with Crippen molar-refractivity contribution in [3.05, 3.63) is 77.4 Å². The number of nitrogens with zero attached hydrogens (tertiary/aromatic N) is 2. The topological polar surface area (TPSA) is 424 Å². The van der Waals surface area contributed by atoms with Gasteiger partial charge in [0.15, 0.2) is 23.0 Å². The summed E-state index contributed by atoms with van der Waals surface area (Å²) in [6, 6.07) is 15.2. The van der Waals surface area contributed by atoms with Gasteiger partial charge in [0.05, 0.1) is 68.8 Å². The third-order valence-electron chi connectivity index (χ3n) is 18.1. The largest absolute Gasteiger partial charge is 0.508 e. The van der Waals surface area contributed by atoms with E-state index >= 15 is 0 Å². The third-order valence-corrected chi connectivity index (χ3v) is 18.1. The van der Waals surface area contributed by atoms with Gasteiger partial charge in [-0.15, -0.1) is 18.4 Å². The zero-order valence-electron chi connectivity index (χ0n) is 63.7. The number of ether oxygens (including phenoxy) is 9. The molecule has 8 rings (SSSR count). The molecule has 2 heterocycles. The van der Waals surface area contributed by atoms with Crippen LogP contribution in [0.3, 0.4) is 0 Å². The Morgan fingerprint density at radius 1 is 0.514 bits per heavy atom. The molecule has 5 aliphatic rings. The van der Waals surface area contributed by atoms with Crippen LogP contribution < -0.4 is 5.73 Å². The molecule has 3 aromatic rings. The normalized spacial score (nSPS) is 21.1. The van der Waals surface area contributed by atoms with Gasteiger partial charge in [0.25, 0.3) is 0 Å². The molecule has 3 aromatic carbocycles. The van der Waals surface area contributed by atoms with Crippen LogP contribution in [0.4, 0.5) is 0 Å². The van der Waals surface area contributed by atoms with Crippen LogP contribution in [0.2, 0.25) is 0 Å². The molecule has 28 nitrogen and oxygen atoms in total. The monoisotopic (exact) mass is 1630 g/mol. The number of aliphatic hydroxyl groups excluding tert-OH is 4. The van der Waals surface area contributed by atoms with E-state index in [9.17, 15) is 69.3 Å². The van der Waals surface area contributed by atoms with Crippen LogP contribution in [0, 0.1) is 35.5 Å². The smallest absolute Gasteiger partial charge is 0.323 e. The van der Waals surface area contributed by atoms with Crippen molar-refractivity contribution in [2.24, 2.45) is 41.2 Å². The van der Waals surface area contributed by atoms with E-state index in [1.54, 1.807) is 57.0 Å². The Morgan fingerprint density at radius 3 is 1.17 bits per heavy atom. The minimum absolute atomic E-state index is 0. The van der Waals surface area contributed by atoms with Gasteiger partial charge in [0, 0.05) is 52.3 Å². The van der Waals surface area contributed by atoms with Crippen LogP contribution >= 0.6 is 18.4 Å². The van der Waals surface area contributed by atoms with Crippen LogP contribution in [0.5, 0.6) is 28.7 Å². The maximum Gasteiger partial charge on any atom is 0.323 e. The SMILES string of the molecule is C.CCC(O)COC(=O)C1CCCCC1C(=O)OCC(O)CN(C)CCc1ccc(O)c(O)c1.CCOC(=O)C(Cc1ccc(O)cc1)N(C)CC(O)COC(=O)C1CCCCC1C(=O)OCC(O)CC.CP.NCCc1ccc(O)c(O)c1.O=C(OCC1CO1)C1CCCCC1C(=O)OCC1CO1.[2H]PC.[Y]. The molecular formula is C76H123N3O25P2Y. The first kappa shape index (κ1) is 97.6. The molecule has 31 heteroatoms. The van der Waals surface area contributed by atoms with E-state index in [4.69, 9.17) is 59.9 Å². The van der Waals surface area contributed by atoms with Crippen LogP contribution in [0.25, 0.3) is 0 Å². The van der Waals surface area contributed by atoms with Crippen LogP contribution in [0.15, 0.2) is 60.7 Å². The molecular weight excluding hydrogens is 1510 g/mol. The number of nitrogens with two attached hydrogens (primary N) is 1. The number of benzene rings is 3. The Labute approximate surface area is 662 Å². The summed E-state index contributed by atoms with van der Waals surface area (Å²) in [5.41, 5.74) is 7.90. The molecule has 15 atom stereocenters. The number of rotatable bonds is 34. The Morgan fingerprint density at radius 2 is 0.841 bits per heavy atom. The standard InChI is InChI=1S/C27H41NO9.C24H37NO8.C14H20O6.C8H11NO2.2CH5P.CH4.Y/c1-4-19(29)16-36-25(32)22-8-6-7-9-23(22)26(33)37-17-21(31)15-28(3)24(27(34)35-5-2)14-18-10-12-20(30)13-11-18;1-3-17(26)14-32-23(30)19-6-4-5-7-20(19)24(31)33-15-18(27)13-25(2)11-10-16-8-9-21(28)22(29)12-16;15-13(19-7-9-5-17-9)11-3-1-2-4-12(11)14(16)20-8-10-6-18-10;9-4-3-6-1-2-7(10)8(11)5-6;2*1-2;;/h10-13,19,21-24,29-31H,4-9,14-17H2,1-3H3;8-9,12,17-20,26-29H,3-7,10-11,13-15H2,1-2H3;9-12H,1-8H2;1-2,5,10-11H,3-4,9H2;2*2H2,1H3;1H4;/i;;;;2D;;;. The predicted molar refractivity (Wildman–Crippen MR) is 403 cm³/mol. The minimum atomic E-state index is -1.07. The Balaban J connectivity index is 0.000000745. The summed E-state index contributed by atoms with van der Waals surface area (Å²) in [4.78, 5) is 90.6. The number of phenols is 5. The third kappa shape index (κ3) is 38.9. The first-order valence-electron chi connectivity index (χ1n) is 36.9. The molecule has 11 N–H and O–H groups in total. The van der Waals surface area contributed by atoms with E-state index in [2.05, 4.69) is 9.24 Å². The molecule has 0 bridgehead atoms. The van der Waals surface area contributed by atoms with Gasteiger partial charge in [-0.1, -0.05) is 97.4 Å². The Bertz CT molecular complexity index is 3020. The number of likely N-dealkylation sites (N-methyl/N-ethyl adjacent to an activating group) is 2. The van der Waals surface area contributed by atoms with Crippen LogP contribution in [-0.2, 0) is 128 Å². The van der Waals surface area contributed by atoms with Gasteiger partial charge in [0.2, 0.25) is 0 Å². The molecule has 605 valence electrons. The van der Waals surface area contributed by atoms with Gasteiger partial charge in [-0.3, -0.25) is 38.5 Å². The van der Waals surface area contributed by atoms with E-state index in [1.165, 1.54) is 36.4 Å². The summed E-state index contributed by atoms with van der Waals surface area (Å²) in [5, 5.41) is 86.5. The number of hydrogen-bond acceptors (Lipinski definition) is 28. The summed E-state index contributed by atoms with van der Waals surface area (Å²) >= 11 is 0. The maximum atomic E-state index is 12.8. The van der Waals surface area contributed by atoms with Crippen molar-refractivity contribution in [3.8, 4) is 28.7 Å². The maximum absolute atomic E-state index is 12.8. The van der Waals surface area contributed by atoms with Crippen molar-refractivity contribution >= 4 is 60.2 Å². The van der Waals surface area contributed by atoms with Gasteiger partial charge in [-0.25, -0.2) is 0 Å². The van der Waals surface area contributed by atoms with E-state index in [0.29, 0.717) is 119 Å². The van der Waals surface area contributed by atoms with E-state index in [-0.39, 0.29) is 151 Å². The fourth-order valence-electron chi connectivity index (χ4n) is 11.8. The molecule has 0 amide bonds. The predicted octanol–water partition coefficient (Wildman–Crippen LogP) is 6.31. The van der Waals surface area contributed by atoms with E-state index in [1.807, 2.05) is 25.3 Å². The quantitative estimate of drug-likeness (QED) is 0.0103. The van der Waals surface area contributed by atoms with Gasteiger partial charge in [-0.05, 0) is 151 Å². The number of carbonyl (C=O) groups is 7. The molecule has 107 heavy (non-hydrogen) atoms. The molecule has 3 aliphatic carbocycles. The number of epoxide rings is 2. The summed E-state index contributed by atoms with van der Waals surface area (Å²) in [7, 11) is 6.24. The average molecular weight is 1630 g/mol. The fourth-order valence-corrected chi connectivity index (χ4v) is 11.8. The van der Waals surface area contributed by atoms with Crippen molar-refractivity contribution in [2.45, 2.75) is 180 Å². The van der Waals surface area contributed by atoms with Gasteiger partial charge in [-0.2, -0.15) is 0 Å². The number of phenolic OH excluding ortho intramolecular Hbond substituents is 5. The summed E-state index contributed by atoms with van der Waals surface area (Å²) in [5.74, 6) is -6.70. The number of hydrogen-bond donors (Lipinski definition) is 10. The average Bonchev–Trinajstić information content (AvgIpc) is 1.03. The Hall–Kier alpha value is -5.45. The number of aliphatic hydroxyl groups is 4. The van der Waals surface area contributed by atoms with Crippen LogP contribution in [0.1, 0.15) is 135 Å². The zero-order valence-corrected chi connectivity index (χ0v) is 67.7. The molecule has 0 aromatic heterocycles. The second-order valence-electron chi connectivity index (χ2n) is 26.4. The fraction of sp³-hybridized carbons (Fsp3) is 0.671. The molecule has 2 saturated heterocycles. The van der Waals surface area contributed by atoms with E-state index < -0.39 is 84.0 Å². The van der Waals surface area contributed by atoms with Gasteiger partial charge in [0.1, 0.15) is 75.8 Å². The first-order chi connectivity index (χ1) is 50.7. The first-order valence-corrected chi connectivity index (χ1v) is 38.6. The van der Waals surface area contributed by atoms with Crippen molar-refractivity contribution in [1.82, 2.24) is 9.80 Å². The number of carbonyl (C=O) groups excluding carboxylic acids is 7. The molecule has 15 unspecified atom stereocenters. The zero-order chi connectivity index (χ0) is 78.7. The molecule has 0 spiro atoms. The van der Waals surface area contributed by atoms with Crippen molar-refractivity contribution in [1.29, 1.82) is 1.28 Å². The van der Waals surface area contributed by atoms with Crippen molar-refractivity contribution < 1.29 is 155 Å². The second-order valence-corrected chi connectivity index (χ2v) is 26.4. The molecule has 2 aliphatic heterocycles. The van der Waals surface area contributed by atoms with Crippen LogP contribution in [-0.4, -0.2) is 255 Å². The summed E-state index contributed by atoms with van der Waals surface area (Å²) in [6.45, 7) is 12.0. The summed E-state index contributed by atoms with van der Waals surface area (Å²) in [6.07, 6.45) is 7.86. The number of aromatic hydroxyl groups is 5. The minimum Gasteiger partial charge on any atom is -0.508 e. The molecule has 5 fully saturated rings. The number of esters is 7. The van der Waals surface area contributed by atoms with Crippen molar-refractivity contribution in [2.75, 3.05) is 113 Å². The summed E-state index contributed by atoms with van der Waals surface area (Å²) < 4.78 is 53.0. The van der Waals surface area contributed by atoms with E-state index in [0.717, 1.165) is 55.2 Å². The molecule has 1 radical (unpaired) electrons. The van der Waals surface area contributed by atoms with Gasteiger partial charge < -0.3 is 99.2 Å². The van der Waals surface area contributed by atoms with Crippen molar-refractivity contribution in [3.63, 3.8) is 0 Å². The van der Waals surface area contributed by atoms with Gasteiger partial charge >= 0.3 is 41.8 Å². The molecule has 3 saturated carbocycles. The Kier molecular flexibility index (Phi) is 51.0. The second kappa shape index (κ2) is 55.9.